The van der Waals surface area contributed by atoms with Gasteiger partial charge in [0, 0.05) is 17.6 Å². The highest BCUT2D eigenvalue weighted by molar-refractivity contribution is 7.89. The van der Waals surface area contributed by atoms with E-state index < -0.39 is 28.0 Å². The third-order valence-corrected chi connectivity index (χ3v) is 5.63. The lowest BCUT2D eigenvalue weighted by molar-refractivity contribution is -0.142. The van der Waals surface area contributed by atoms with E-state index in [0.29, 0.717) is 11.4 Å². The van der Waals surface area contributed by atoms with E-state index in [1.165, 1.54) is 16.4 Å². The van der Waals surface area contributed by atoms with Crippen molar-refractivity contribution in [3.05, 3.63) is 29.3 Å². The minimum absolute atomic E-state index is 0.0953. The van der Waals surface area contributed by atoms with Crippen LogP contribution in [0, 0.1) is 5.92 Å². The molecule has 2 atom stereocenters. The fourth-order valence-corrected chi connectivity index (χ4v) is 4.33. The molecular formula is C12H14ClNO4S. The summed E-state index contributed by atoms with van der Waals surface area (Å²) in [6.45, 7) is 1.83. The molecule has 7 heteroatoms. The van der Waals surface area contributed by atoms with E-state index in [4.69, 9.17) is 16.7 Å². The monoisotopic (exact) mass is 303 g/mol. The summed E-state index contributed by atoms with van der Waals surface area (Å²) in [4.78, 5) is 11.1. The largest absolute Gasteiger partial charge is 0.481 e. The van der Waals surface area contributed by atoms with E-state index in [-0.39, 0.29) is 11.4 Å². The number of hydrogen-bond donors (Lipinski definition) is 1. The quantitative estimate of drug-likeness (QED) is 0.924. The van der Waals surface area contributed by atoms with Crippen molar-refractivity contribution in [1.29, 1.82) is 0 Å². The Labute approximate surface area is 116 Å². The second-order valence-corrected chi connectivity index (χ2v) is 6.87. The number of hydrogen-bond acceptors (Lipinski definition) is 3. The predicted molar refractivity (Wildman–Crippen MR) is 70.5 cm³/mol. The van der Waals surface area contributed by atoms with Gasteiger partial charge >= 0.3 is 5.97 Å². The maximum atomic E-state index is 12.4. The number of carboxylic acid groups (broad SMARTS) is 1. The third kappa shape index (κ3) is 2.61. The summed E-state index contributed by atoms with van der Waals surface area (Å²) in [5.41, 5.74) is 0. The van der Waals surface area contributed by atoms with E-state index in [0.717, 1.165) is 0 Å². The van der Waals surface area contributed by atoms with Crippen molar-refractivity contribution in [1.82, 2.24) is 4.31 Å². The summed E-state index contributed by atoms with van der Waals surface area (Å²) < 4.78 is 26.1. The summed E-state index contributed by atoms with van der Waals surface area (Å²) in [5, 5.41) is 9.38. The molecule has 1 aliphatic heterocycles. The van der Waals surface area contributed by atoms with Gasteiger partial charge in [0.25, 0.3) is 0 Å². The van der Waals surface area contributed by atoms with Crippen molar-refractivity contribution >= 4 is 27.6 Å². The summed E-state index contributed by atoms with van der Waals surface area (Å²) in [7, 11) is -3.69. The van der Waals surface area contributed by atoms with Gasteiger partial charge in [-0.05, 0) is 31.5 Å². The van der Waals surface area contributed by atoms with Crippen molar-refractivity contribution in [2.24, 2.45) is 5.92 Å². The molecule has 0 spiro atoms. The van der Waals surface area contributed by atoms with Crippen LogP contribution in [0.4, 0.5) is 0 Å². The van der Waals surface area contributed by atoms with Gasteiger partial charge in [0.05, 0.1) is 10.8 Å². The standard InChI is InChI=1S/C12H14ClNO4S/c1-8-11(12(15)16)5-6-14(8)19(17,18)10-4-2-3-9(13)7-10/h2-4,7-8,11H,5-6H2,1H3,(H,15,16). The molecule has 19 heavy (non-hydrogen) atoms. The smallest absolute Gasteiger partial charge is 0.308 e. The Morgan fingerprint density at radius 3 is 2.68 bits per heavy atom. The summed E-state index contributed by atoms with van der Waals surface area (Å²) >= 11 is 5.80. The molecule has 0 saturated carbocycles. The first-order valence-corrected chi connectivity index (χ1v) is 7.66. The number of halogens is 1. The third-order valence-electron chi connectivity index (χ3n) is 3.42. The van der Waals surface area contributed by atoms with Gasteiger partial charge in [-0.1, -0.05) is 17.7 Å². The van der Waals surface area contributed by atoms with E-state index >= 15 is 0 Å². The average Bonchev–Trinajstić information content (AvgIpc) is 2.71. The second kappa shape index (κ2) is 5.11. The number of carboxylic acids is 1. The zero-order valence-corrected chi connectivity index (χ0v) is 11.9. The molecule has 1 fully saturated rings. The molecule has 1 aliphatic rings. The van der Waals surface area contributed by atoms with Gasteiger partial charge in [-0.2, -0.15) is 4.31 Å². The topological polar surface area (TPSA) is 74.7 Å². The summed E-state index contributed by atoms with van der Waals surface area (Å²) in [6.07, 6.45) is 0.330. The fourth-order valence-electron chi connectivity index (χ4n) is 2.34. The normalized spacial score (nSPS) is 24.5. The number of rotatable bonds is 3. The van der Waals surface area contributed by atoms with E-state index in [1.807, 2.05) is 0 Å². The van der Waals surface area contributed by atoms with Crippen LogP contribution in [0.2, 0.25) is 5.02 Å². The highest BCUT2D eigenvalue weighted by Crippen LogP contribution is 2.30. The van der Waals surface area contributed by atoms with Crippen LogP contribution >= 0.6 is 11.6 Å². The van der Waals surface area contributed by atoms with Gasteiger partial charge < -0.3 is 5.11 Å². The molecule has 0 radical (unpaired) electrons. The minimum atomic E-state index is -3.69. The Balaban J connectivity index is 2.34. The van der Waals surface area contributed by atoms with Crippen LogP contribution in [0.1, 0.15) is 13.3 Å². The van der Waals surface area contributed by atoms with E-state index in [1.54, 1.807) is 19.1 Å². The molecule has 2 unspecified atom stereocenters. The number of aliphatic carboxylic acids is 1. The van der Waals surface area contributed by atoms with Crippen molar-refractivity contribution < 1.29 is 18.3 Å². The Morgan fingerprint density at radius 2 is 2.16 bits per heavy atom. The van der Waals surface area contributed by atoms with Crippen molar-refractivity contribution in [3.8, 4) is 0 Å². The Kier molecular flexibility index (Phi) is 3.85. The zero-order valence-electron chi connectivity index (χ0n) is 10.3. The molecule has 1 heterocycles. The fraction of sp³-hybridized carbons (Fsp3) is 0.417. The predicted octanol–water partition coefficient (Wildman–Crippen LogP) is 1.82. The number of nitrogens with zero attached hydrogens (tertiary/aromatic N) is 1. The van der Waals surface area contributed by atoms with Gasteiger partial charge in [-0.25, -0.2) is 8.42 Å². The molecule has 1 N–H and O–H groups in total. The van der Waals surface area contributed by atoms with Crippen LogP contribution in [0.3, 0.4) is 0 Å². The maximum absolute atomic E-state index is 12.4. The van der Waals surface area contributed by atoms with Gasteiger partial charge in [-0.15, -0.1) is 0 Å². The molecule has 0 aliphatic carbocycles. The Hall–Kier alpha value is -1.11. The first kappa shape index (κ1) is 14.3. The molecule has 0 amide bonds. The van der Waals surface area contributed by atoms with Crippen LogP contribution in [-0.4, -0.2) is 36.4 Å². The highest BCUT2D eigenvalue weighted by Gasteiger charge is 2.42. The van der Waals surface area contributed by atoms with Crippen molar-refractivity contribution in [2.45, 2.75) is 24.3 Å². The van der Waals surface area contributed by atoms with E-state index in [2.05, 4.69) is 0 Å². The lowest BCUT2D eigenvalue weighted by Crippen LogP contribution is -2.37. The van der Waals surface area contributed by atoms with E-state index in [9.17, 15) is 13.2 Å². The summed E-state index contributed by atoms with van der Waals surface area (Å²) in [6, 6.07) is 5.43. The first-order valence-electron chi connectivity index (χ1n) is 5.84. The Morgan fingerprint density at radius 1 is 1.47 bits per heavy atom. The van der Waals surface area contributed by atoms with Gasteiger partial charge in [0.2, 0.25) is 10.0 Å². The van der Waals surface area contributed by atoms with Crippen molar-refractivity contribution in [2.75, 3.05) is 6.54 Å². The van der Waals surface area contributed by atoms with Gasteiger partial charge in [-0.3, -0.25) is 4.79 Å². The number of carbonyl (C=O) groups is 1. The molecule has 2 rings (SSSR count). The molecule has 1 saturated heterocycles. The molecule has 5 nitrogen and oxygen atoms in total. The van der Waals surface area contributed by atoms with Crippen LogP contribution in [0.15, 0.2) is 29.2 Å². The maximum Gasteiger partial charge on any atom is 0.308 e. The summed E-state index contributed by atoms with van der Waals surface area (Å²) in [5.74, 6) is -1.62. The lowest BCUT2D eigenvalue weighted by atomic mass is 10.0. The molecule has 0 aromatic heterocycles. The SMILES string of the molecule is CC1C(C(=O)O)CCN1S(=O)(=O)c1cccc(Cl)c1. The minimum Gasteiger partial charge on any atom is -0.481 e. The molecule has 0 bridgehead atoms. The van der Waals surface area contributed by atoms with Crippen LogP contribution < -0.4 is 0 Å². The number of sulfonamides is 1. The van der Waals surface area contributed by atoms with Gasteiger partial charge in [0.1, 0.15) is 0 Å². The van der Waals surface area contributed by atoms with Gasteiger partial charge in [0.15, 0.2) is 0 Å². The highest BCUT2D eigenvalue weighted by atomic mass is 35.5. The Bertz CT molecular complexity index is 602. The first-order chi connectivity index (χ1) is 8.84. The molecular weight excluding hydrogens is 290 g/mol. The molecule has 1 aromatic carbocycles. The van der Waals surface area contributed by atoms with Crippen LogP contribution in [0.5, 0.6) is 0 Å². The molecule has 1 aromatic rings. The van der Waals surface area contributed by atoms with Crippen LogP contribution in [0.25, 0.3) is 0 Å². The number of benzene rings is 1. The lowest BCUT2D eigenvalue weighted by Gasteiger charge is -2.22. The average molecular weight is 304 g/mol. The van der Waals surface area contributed by atoms with Crippen LogP contribution in [-0.2, 0) is 14.8 Å². The second-order valence-electron chi connectivity index (χ2n) is 4.55. The zero-order chi connectivity index (χ0) is 14.2. The van der Waals surface area contributed by atoms with Crippen molar-refractivity contribution in [3.63, 3.8) is 0 Å². The molecule has 104 valence electrons.